The third-order valence-electron chi connectivity index (χ3n) is 5.67. The minimum Gasteiger partial charge on any atom is -0.481 e. The number of rotatable bonds is 4. The molecule has 2 aromatic heterocycles. The first-order valence-electron chi connectivity index (χ1n) is 9.79. The van der Waals surface area contributed by atoms with Gasteiger partial charge in [0.15, 0.2) is 0 Å². The van der Waals surface area contributed by atoms with Gasteiger partial charge in [-0.3, -0.25) is 4.79 Å². The van der Waals surface area contributed by atoms with E-state index in [1.165, 1.54) is 0 Å². The van der Waals surface area contributed by atoms with Crippen molar-refractivity contribution >= 4 is 22.6 Å². The lowest BCUT2D eigenvalue weighted by molar-refractivity contribution is 0.0713. The van der Waals surface area contributed by atoms with Crippen molar-refractivity contribution in [3.8, 4) is 5.88 Å². The van der Waals surface area contributed by atoms with Crippen molar-refractivity contribution < 1.29 is 9.53 Å². The zero-order valence-electron chi connectivity index (χ0n) is 17.3. The van der Waals surface area contributed by atoms with Crippen LogP contribution in [0.4, 0.5) is 5.82 Å². The SMILES string of the molecule is COc1c2ccc(C(=O)N3CCC(N(C)c4cc(C)ncn4)CC3)cc2nn1C. The van der Waals surface area contributed by atoms with E-state index in [-0.39, 0.29) is 5.91 Å². The number of hydrogen-bond donors (Lipinski definition) is 0. The summed E-state index contributed by atoms with van der Waals surface area (Å²) < 4.78 is 7.07. The Kier molecular flexibility index (Phi) is 5.08. The molecule has 3 heterocycles. The molecule has 0 aliphatic carbocycles. The van der Waals surface area contributed by atoms with Gasteiger partial charge < -0.3 is 14.5 Å². The van der Waals surface area contributed by atoms with Gasteiger partial charge in [0.1, 0.15) is 12.1 Å². The lowest BCUT2D eigenvalue weighted by Gasteiger charge is -2.37. The summed E-state index contributed by atoms with van der Waals surface area (Å²) in [6.45, 7) is 3.41. The Labute approximate surface area is 170 Å². The molecular formula is C21H26N6O2. The number of hydrogen-bond acceptors (Lipinski definition) is 6. The standard InChI is InChI=1S/C21H26N6O2/c1-14-11-19(23-13-22-14)25(2)16-7-9-27(10-8-16)20(28)15-5-6-17-18(12-15)24-26(3)21(17)29-4/h5-6,11-13,16H,7-10H2,1-4H3. The molecule has 1 aliphatic heterocycles. The average molecular weight is 394 g/mol. The molecule has 1 fully saturated rings. The van der Waals surface area contributed by atoms with E-state index in [4.69, 9.17) is 4.74 Å². The molecule has 0 radical (unpaired) electrons. The molecule has 0 atom stereocenters. The van der Waals surface area contributed by atoms with Crippen LogP contribution in [0.5, 0.6) is 5.88 Å². The molecular weight excluding hydrogens is 368 g/mol. The van der Waals surface area contributed by atoms with Crippen LogP contribution in [0, 0.1) is 6.92 Å². The van der Waals surface area contributed by atoms with Crippen LogP contribution >= 0.6 is 0 Å². The van der Waals surface area contributed by atoms with Crippen LogP contribution in [0.25, 0.3) is 10.9 Å². The second-order valence-corrected chi connectivity index (χ2v) is 7.52. The highest BCUT2D eigenvalue weighted by Gasteiger charge is 2.27. The molecule has 0 unspecified atom stereocenters. The second-order valence-electron chi connectivity index (χ2n) is 7.52. The highest BCUT2D eigenvalue weighted by molar-refractivity contribution is 5.98. The molecule has 0 N–H and O–H groups in total. The van der Waals surface area contributed by atoms with Crippen LogP contribution in [0.15, 0.2) is 30.6 Å². The number of likely N-dealkylation sites (tertiary alicyclic amines) is 1. The highest BCUT2D eigenvalue weighted by atomic mass is 16.5. The summed E-state index contributed by atoms with van der Waals surface area (Å²) in [4.78, 5) is 25.7. The number of methoxy groups -OCH3 is 1. The van der Waals surface area contributed by atoms with Gasteiger partial charge >= 0.3 is 0 Å². The fraction of sp³-hybridized carbons (Fsp3) is 0.429. The molecule has 3 aromatic rings. The number of aromatic nitrogens is 4. The monoisotopic (exact) mass is 394 g/mol. The summed E-state index contributed by atoms with van der Waals surface area (Å²) in [5, 5.41) is 5.36. The quantitative estimate of drug-likeness (QED) is 0.676. The predicted octanol–water partition coefficient (Wildman–Crippen LogP) is 2.42. The number of amides is 1. The lowest BCUT2D eigenvalue weighted by atomic mass is 10.0. The summed E-state index contributed by atoms with van der Waals surface area (Å²) in [5.41, 5.74) is 2.39. The number of carbonyl (C=O) groups excluding carboxylic acids is 1. The van der Waals surface area contributed by atoms with Gasteiger partial charge in [0, 0.05) is 50.6 Å². The minimum atomic E-state index is 0.0514. The van der Waals surface area contributed by atoms with E-state index in [0.29, 0.717) is 17.5 Å². The molecule has 1 saturated heterocycles. The second kappa shape index (κ2) is 7.69. The van der Waals surface area contributed by atoms with Gasteiger partial charge in [-0.2, -0.15) is 5.10 Å². The molecule has 0 spiro atoms. The normalized spacial score (nSPS) is 15.0. The van der Waals surface area contributed by atoms with Gasteiger partial charge in [-0.15, -0.1) is 0 Å². The predicted molar refractivity (Wildman–Crippen MR) is 111 cm³/mol. The van der Waals surface area contributed by atoms with Gasteiger partial charge in [-0.1, -0.05) is 0 Å². The number of anilines is 1. The molecule has 8 nitrogen and oxygen atoms in total. The van der Waals surface area contributed by atoms with Crippen LogP contribution in [0.2, 0.25) is 0 Å². The zero-order valence-corrected chi connectivity index (χ0v) is 17.3. The smallest absolute Gasteiger partial charge is 0.253 e. The third-order valence-corrected chi connectivity index (χ3v) is 5.67. The van der Waals surface area contributed by atoms with Crippen molar-refractivity contribution in [3.63, 3.8) is 0 Å². The van der Waals surface area contributed by atoms with Crippen molar-refractivity contribution in [2.45, 2.75) is 25.8 Å². The summed E-state index contributed by atoms with van der Waals surface area (Å²) in [7, 11) is 5.52. The molecule has 8 heteroatoms. The molecule has 29 heavy (non-hydrogen) atoms. The molecule has 0 bridgehead atoms. The fourth-order valence-corrected chi connectivity index (χ4v) is 4.01. The van der Waals surface area contributed by atoms with Crippen LogP contribution in [-0.2, 0) is 7.05 Å². The molecule has 1 aliphatic rings. The van der Waals surface area contributed by atoms with Crippen molar-refractivity contribution in [2.24, 2.45) is 7.05 Å². The van der Waals surface area contributed by atoms with Crippen LogP contribution < -0.4 is 9.64 Å². The first-order valence-corrected chi connectivity index (χ1v) is 9.79. The Morgan fingerprint density at radius 3 is 2.66 bits per heavy atom. The summed E-state index contributed by atoms with van der Waals surface area (Å²) >= 11 is 0. The Hall–Kier alpha value is -3.16. The Balaban J connectivity index is 1.44. The number of fused-ring (bicyclic) bond motifs is 1. The topological polar surface area (TPSA) is 76.4 Å². The molecule has 1 amide bonds. The Bertz CT molecular complexity index is 1040. The van der Waals surface area contributed by atoms with Gasteiger partial charge in [-0.05, 0) is 38.0 Å². The number of nitrogens with zero attached hydrogens (tertiary/aromatic N) is 6. The molecule has 152 valence electrons. The number of aryl methyl sites for hydroxylation is 2. The number of ether oxygens (including phenoxy) is 1. The van der Waals surface area contributed by atoms with Gasteiger partial charge in [0.05, 0.1) is 18.0 Å². The van der Waals surface area contributed by atoms with E-state index >= 15 is 0 Å². The van der Waals surface area contributed by atoms with Gasteiger partial charge in [0.2, 0.25) is 5.88 Å². The van der Waals surface area contributed by atoms with Gasteiger partial charge in [0.25, 0.3) is 5.91 Å². The zero-order chi connectivity index (χ0) is 20.5. The van der Waals surface area contributed by atoms with E-state index in [9.17, 15) is 4.79 Å². The van der Waals surface area contributed by atoms with Crippen molar-refractivity contribution in [3.05, 3.63) is 41.9 Å². The molecule has 4 rings (SSSR count). The number of piperidine rings is 1. The molecule has 0 saturated carbocycles. The highest BCUT2D eigenvalue weighted by Crippen LogP contribution is 2.27. The summed E-state index contributed by atoms with van der Waals surface area (Å²) in [6, 6.07) is 7.97. The maximum absolute atomic E-state index is 13.0. The Morgan fingerprint density at radius 2 is 1.97 bits per heavy atom. The van der Waals surface area contributed by atoms with E-state index in [1.807, 2.05) is 43.1 Å². The maximum atomic E-state index is 13.0. The van der Waals surface area contributed by atoms with Crippen LogP contribution in [0.1, 0.15) is 28.9 Å². The lowest BCUT2D eigenvalue weighted by Crippen LogP contribution is -2.45. The van der Waals surface area contributed by atoms with Crippen molar-refractivity contribution in [1.29, 1.82) is 0 Å². The fourth-order valence-electron chi connectivity index (χ4n) is 4.01. The van der Waals surface area contributed by atoms with E-state index in [1.54, 1.807) is 18.1 Å². The van der Waals surface area contributed by atoms with Gasteiger partial charge in [-0.25, -0.2) is 14.6 Å². The van der Waals surface area contributed by atoms with E-state index in [0.717, 1.165) is 48.3 Å². The minimum absolute atomic E-state index is 0.0514. The van der Waals surface area contributed by atoms with Crippen molar-refractivity contribution in [2.75, 3.05) is 32.1 Å². The van der Waals surface area contributed by atoms with Crippen LogP contribution in [0.3, 0.4) is 0 Å². The average Bonchev–Trinajstić information content (AvgIpc) is 3.06. The largest absolute Gasteiger partial charge is 0.481 e. The number of carbonyl (C=O) groups is 1. The van der Waals surface area contributed by atoms with E-state index in [2.05, 4.69) is 27.0 Å². The number of benzene rings is 1. The third kappa shape index (κ3) is 3.62. The summed E-state index contributed by atoms with van der Waals surface area (Å²) in [5.74, 6) is 1.68. The van der Waals surface area contributed by atoms with Crippen LogP contribution in [-0.4, -0.2) is 63.8 Å². The van der Waals surface area contributed by atoms with E-state index < -0.39 is 0 Å². The Morgan fingerprint density at radius 1 is 1.21 bits per heavy atom. The first kappa shape index (κ1) is 19.2. The van der Waals surface area contributed by atoms with Crippen molar-refractivity contribution in [1.82, 2.24) is 24.6 Å². The maximum Gasteiger partial charge on any atom is 0.253 e. The first-order chi connectivity index (χ1) is 14.0. The summed E-state index contributed by atoms with van der Waals surface area (Å²) in [6.07, 6.45) is 3.42. The molecule has 1 aromatic carbocycles.